The zero-order valence-electron chi connectivity index (χ0n) is 13.5. The number of benzene rings is 1. The number of hydrogen-bond donors (Lipinski definition) is 1. The third-order valence-corrected chi connectivity index (χ3v) is 3.60. The quantitative estimate of drug-likeness (QED) is 0.749. The van der Waals surface area contributed by atoms with Gasteiger partial charge in [-0.2, -0.15) is 0 Å². The van der Waals surface area contributed by atoms with Crippen LogP contribution >= 0.6 is 0 Å². The molecule has 0 heterocycles. The highest BCUT2D eigenvalue weighted by Gasteiger charge is 2.39. The molecule has 0 aromatic heterocycles. The number of hydrogen-bond acceptors (Lipinski definition) is 4. The van der Waals surface area contributed by atoms with E-state index in [1.165, 1.54) is 0 Å². The van der Waals surface area contributed by atoms with E-state index in [4.69, 9.17) is 15.2 Å². The maximum absolute atomic E-state index is 12.4. The van der Waals surface area contributed by atoms with Gasteiger partial charge in [-0.1, -0.05) is 26.0 Å². The second-order valence-corrected chi connectivity index (χ2v) is 5.83. The Labute approximate surface area is 127 Å². The van der Waals surface area contributed by atoms with Gasteiger partial charge >= 0.3 is 5.97 Å². The minimum Gasteiger partial charge on any atom is -0.497 e. The van der Waals surface area contributed by atoms with Crippen molar-refractivity contribution in [3.05, 3.63) is 29.8 Å². The molecule has 0 fully saturated rings. The molecule has 1 aromatic rings. The Hall–Kier alpha value is -1.55. The Kier molecular flexibility index (Phi) is 6.69. The first kappa shape index (κ1) is 17.5. The number of ether oxygens (including phenoxy) is 2. The van der Waals surface area contributed by atoms with Crippen LogP contribution in [0.15, 0.2) is 24.3 Å². The number of carbonyl (C=O) groups is 1. The molecule has 4 nitrogen and oxygen atoms in total. The lowest BCUT2D eigenvalue weighted by Crippen LogP contribution is -2.43. The fourth-order valence-electron chi connectivity index (χ4n) is 2.67. The predicted molar refractivity (Wildman–Crippen MR) is 84.3 cm³/mol. The SMILES string of the molecule is CCOC(=O)C(CN)(Cc1ccc(OC)cc1)CC(C)C. The molecule has 0 aliphatic carbocycles. The average molecular weight is 293 g/mol. The van der Waals surface area contributed by atoms with E-state index in [2.05, 4.69) is 13.8 Å². The van der Waals surface area contributed by atoms with Gasteiger partial charge in [-0.3, -0.25) is 4.79 Å². The molecule has 0 radical (unpaired) electrons. The van der Waals surface area contributed by atoms with E-state index < -0.39 is 5.41 Å². The molecular formula is C17H27NO3. The van der Waals surface area contributed by atoms with Crippen molar-refractivity contribution in [2.75, 3.05) is 20.3 Å². The van der Waals surface area contributed by atoms with Gasteiger partial charge in [-0.15, -0.1) is 0 Å². The highest BCUT2D eigenvalue weighted by atomic mass is 16.5. The molecule has 1 unspecified atom stereocenters. The number of rotatable bonds is 8. The van der Waals surface area contributed by atoms with Crippen LogP contribution in [0, 0.1) is 11.3 Å². The van der Waals surface area contributed by atoms with Crippen LogP contribution in [0.1, 0.15) is 32.8 Å². The van der Waals surface area contributed by atoms with Crippen LogP contribution in [-0.4, -0.2) is 26.2 Å². The molecule has 0 aliphatic heterocycles. The first-order valence-electron chi connectivity index (χ1n) is 7.47. The standard InChI is InChI=1S/C17H27NO3/c1-5-21-16(19)17(12-18,10-13(2)3)11-14-6-8-15(20-4)9-7-14/h6-9,13H,5,10-12,18H2,1-4H3. The van der Waals surface area contributed by atoms with Crippen LogP contribution in [0.3, 0.4) is 0 Å². The predicted octanol–water partition coefficient (Wildman–Crippen LogP) is 2.79. The molecule has 1 rings (SSSR count). The smallest absolute Gasteiger partial charge is 0.313 e. The average Bonchev–Trinajstić information content (AvgIpc) is 2.47. The summed E-state index contributed by atoms with van der Waals surface area (Å²) in [5.74, 6) is 0.977. The van der Waals surface area contributed by atoms with Crippen LogP contribution in [0.4, 0.5) is 0 Å². The first-order chi connectivity index (χ1) is 9.97. The number of esters is 1. The van der Waals surface area contributed by atoms with Crippen molar-refractivity contribution in [3.8, 4) is 5.75 Å². The van der Waals surface area contributed by atoms with Crippen molar-refractivity contribution in [1.82, 2.24) is 0 Å². The second-order valence-electron chi connectivity index (χ2n) is 5.83. The molecule has 1 aromatic carbocycles. The molecule has 0 saturated carbocycles. The van der Waals surface area contributed by atoms with Crippen LogP contribution in [0.5, 0.6) is 5.75 Å². The van der Waals surface area contributed by atoms with Gasteiger partial charge in [-0.25, -0.2) is 0 Å². The maximum Gasteiger partial charge on any atom is 0.313 e. The van der Waals surface area contributed by atoms with Crippen molar-refractivity contribution in [3.63, 3.8) is 0 Å². The fraction of sp³-hybridized carbons (Fsp3) is 0.588. The van der Waals surface area contributed by atoms with E-state index in [-0.39, 0.29) is 12.5 Å². The Balaban J connectivity index is 3.01. The normalized spacial score (nSPS) is 13.8. The van der Waals surface area contributed by atoms with Gasteiger partial charge < -0.3 is 15.2 Å². The van der Waals surface area contributed by atoms with Crippen molar-refractivity contribution < 1.29 is 14.3 Å². The van der Waals surface area contributed by atoms with Crippen LogP contribution < -0.4 is 10.5 Å². The monoisotopic (exact) mass is 293 g/mol. The molecule has 0 bridgehead atoms. The zero-order valence-corrected chi connectivity index (χ0v) is 13.5. The van der Waals surface area contributed by atoms with Gasteiger partial charge in [0.25, 0.3) is 0 Å². The van der Waals surface area contributed by atoms with Crippen molar-refractivity contribution in [2.45, 2.75) is 33.6 Å². The van der Waals surface area contributed by atoms with E-state index in [9.17, 15) is 4.79 Å². The lowest BCUT2D eigenvalue weighted by Gasteiger charge is -2.32. The Morgan fingerprint density at radius 1 is 1.29 bits per heavy atom. The van der Waals surface area contributed by atoms with Crippen LogP contribution in [-0.2, 0) is 16.0 Å². The highest BCUT2D eigenvalue weighted by molar-refractivity contribution is 5.77. The number of methoxy groups -OCH3 is 1. The summed E-state index contributed by atoms with van der Waals surface area (Å²) in [6.45, 7) is 6.68. The fourth-order valence-corrected chi connectivity index (χ4v) is 2.67. The molecule has 0 aliphatic rings. The van der Waals surface area contributed by atoms with Gasteiger partial charge in [-0.05, 0) is 43.4 Å². The third-order valence-electron chi connectivity index (χ3n) is 3.60. The van der Waals surface area contributed by atoms with E-state index in [1.807, 2.05) is 31.2 Å². The largest absolute Gasteiger partial charge is 0.497 e. The maximum atomic E-state index is 12.4. The van der Waals surface area contributed by atoms with E-state index in [0.717, 1.165) is 11.3 Å². The van der Waals surface area contributed by atoms with E-state index in [1.54, 1.807) is 7.11 Å². The molecule has 21 heavy (non-hydrogen) atoms. The topological polar surface area (TPSA) is 61.5 Å². The summed E-state index contributed by atoms with van der Waals surface area (Å²) in [7, 11) is 1.64. The van der Waals surface area contributed by atoms with Crippen molar-refractivity contribution >= 4 is 5.97 Å². The molecule has 4 heteroatoms. The summed E-state index contributed by atoms with van der Waals surface area (Å²) >= 11 is 0. The summed E-state index contributed by atoms with van der Waals surface area (Å²) in [5.41, 5.74) is 6.38. The van der Waals surface area contributed by atoms with Crippen molar-refractivity contribution in [2.24, 2.45) is 17.1 Å². The molecule has 0 saturated heterocycles. The lowest BCUT2D eigenvalue weighted by molar-refractivity contribution is -0.156. The van der Waals surface area contributed by atoms with Crippen LogP contribution in [0.25, 0.3) is 0 Å². The molecule has 2 N–H and O–H groups in total. The Morgan fingerprint density at radius 2 is 1.90 bits per heavy atom. The number of nitrogens with two attached hydrogens (primary N) is 1. The lowest BCUT2D eigenvalue weighted by atomic mass is 9.75. The first-order valence-corrected chi connectivity index (χ1v) is 7.47. The summed E-state index contributed by atoms with van der Waals surface area (Å²) in [6, 6.07) is 7.75. The summed E-state index contributed by atoms with van der Waals surface area (Å²) in [5, 5.41) is 0. The van der Waals surface area contributed by atoms with E-state index in [0.29, 0.717) is 25.4 Å². The summed E-state index contributed by atoms with van der Waals surface area (Å²) in [6.07, 6.45) is 1.30. The Morgan fingerprint density at radius 3 is 2.33 bits per heavy atom. The van der Waals surface area contributed by atoms with Crippen LogP contribution in [0.2, 0.25) is 0 Å². The van der Waals surface area contributed by atoms with Gasteiger partial charge in [0.05, 0.1) is 19.1 Å². The zero-order chi connectivity index (χ0) is 15.9. The summed E-state index contributed by atoms with van der Waals surface area (Å²) in [4.78, 5) is 12.4. The molecular weight excluding hydrogens is 266 g/mol. The van der Waals surface area contributed by atoms with Crippen molar-refractivity contribution in [1.29, 1.82) is 0 Å². The minimum atomic E-state index is -0.654. The van der Waals surface area contributed by atoms with Gasteiger partial charge in [0.1, 0.15) is 5.75 Å². The van der Waals surface area contributed by atoms with Gasteiger partial charge in [0.2, 0.25) is 0 Å². The number of carbonyl (C=O) groups excluding carboxylic acids is 1. The molecule has 0 spiro atoms. The van der Waals surface area contributed by atoms with Gasteiger partial charge in [0, 0.05) is 6.54 Å². The summed E-state index contributed by atoms with van der Waals surface area (Å²) < 4.78 is 10.4. The minimum absolute atomic E-state index is 0.197. The Bertz CT molecular complexity index is 442. The highest BCUT2D eigenvalue weighted by Crippen LogP contribution is 2.32. The third kappa shape index (κ3) is 4.74. The van der Waals surface area contributed by atoms with E-state index >= 15 is 0 Å². The van der Waals surface area contributed by atoms with Gasteiger partial charge in [0.15, 0.2) is 0 Å². The molecule has 0 amide bonds. The second kappa shape index (κ2) is 8.03. The molecule has 1 atom stereocenters. The molecule has 118 valence electrons.